The van der Waals surface area contributed by atoms with E-state index in [1.54, 1.807) is 0 Å². The number of anilines is 1. The highest BCUT2D eigenvalue weighted by molar-refractivity contribution is 5.47. The van der Waals surface area contributed by atoms with Crippen LogP contribution in [0, 0.1) is 0 Å². The molecule has 0 unspecified atom stereocenters. The lowest BCUT2D eigenvalue weighted by Gasteiger charge is -2.19. The van der Waals surface area contributed by atoms with Crippen LogP contribution in [0.2, 0.25) is 0 Å². The smallest absolute Gasteiger partial charge is 0.0562 e. The Morgan fingerprint density at radius 1 is 1.38 bits per heavy atom. The maximum Gasteiger partial charge on any atom is 0.0562 e. The molecule has 2 aliphatic carbocycles. The summed E-state index contributed by atoms with van der Waals surface area (Å²) in [6.45, 7) is 0.914. The molecule has 0 spiro atoms. The van der Waals surface area contributed by atoms with Gasteiger partial charge in [0.1, 0.15) is 0 Å². The van der Waals surface area contributed by atoms with Crippen LogP contribution in [0.25, 0.3) is 0 Å². The Morgan fingerprint density at radius 3 is 2.88 bits per heavy atom. The Balaban J connectivity index is 1.65. The predicted molar refractivity (Wildman–Crippen MR) is 65.5 cm³/mol. The second kappa shape index (κ2) is 4.06. The van der Waals surface area contributed by atoms with E-state index in [9.17, 15) is 0 Å². The van der Waals surface area contributed by atoms with Crippen molar-refractivity contribution in [1.29, 1.82) is 0 Å². The maximum absolute atomic E-state index is 4.41. The molecule has 2 fully saturated rings. The van der Waals surface area contributed by atoms with E-state index in [4.69, 9.17) is 0 Å². The second-order valence-corrected chi connectivity index (χ2v) is 5.00. The Labute approximate surface area is 96.9 Å². The van der Waals surface area contributed by atoms with Crippen molar-refractivity contribution in [2.45, 2.75) is 44.3 Å². The molecule has 0 radical (unpaired) electrons. The number of hydrogen-bond donors (Lipinski definition) is 1. The molecule has 0 atom stereocenters. The quantitative estimate of drug-likeness (QED) is 0.817. The third-order valence-electron chi connectivity index (χ3n) is 3.45. The van der Waals surface area contributed by atoms with Crippen molar-refractivity contribution in [2.75, 3.05) is 11.9 Å². The molecule has 16 heavy (non-hydrogen) atoms. The number of nitrogens with one attached hydrogen (secondary N) is 1. The molecule has 2 aliphatic rings. The molecule has 0 amide bonds. The van der Waals surface area contributed by atoms with Crippen LogP contribution in [0.3, 0.4) is 0 Å². The van der Waals surface area contributed by atoms with E-state index in [1.165, 1.54) is 31.4 Å². The summed E-state index contributed by atoms with van der Waals surface area (Å²) in [5.41, 5.74) is 2.47. The number of pyridine rings is 1. The van der Waals surface area contributed by atoms with Gasteiger partial charge in [-0.05, 0) is 37.8 Å². The van der Waals surface area contributed by atoms with Crippen LogP contribution in [0.1, 0.15) is 31.4 Å². The van der Waals surface area contributed by atoms with Gasteiger partial charge in [0.15, 0.2) is 0 Å². The first-order chi connectivity index (χ1) is 7.83. The van der Waals surface area contributed by atoms with Gasteiger partial charge in [-0.15, -0.1) is 0 Å². The second-order valence-electron chi connectivity index (χ2n) is 5.00. The monoisotopic (exact) mass is 217 g/mol. The normalized spacial score (nSPS) is 19.8. The molecule has 2 saturated carbocycles. The van der Waals surface area contributed by atoms with Crippen molar-refractivity contribution in [1.82, 2.24) is 10.3 Å². The number of rotatable bonds is 5. The number of nitrogens with zero attached hydrogens (tertiary/aromatic N) is 2. The van der Waals surface area contributed by atoms with Crippen molar-refractivity contribution in [3.05, 3.63) is 24.0 Å². The van der Waals surface area contributed by atoms with Gasteiger partial charge in [0.05, 0.1) is 5.69 Å². The largest absolute Gasteiger partial charge is 0.372 e. The average Bonchev–Trinajstić information content (AvgIpc) is 3.18. The first-order valence-electron chi connectivity index (χ1n) is 6.24. The van der Waals surface area contributed by atoms with Crippen molar-refractivity contribution < 1.29 is 0 Å². The van der Waals surface area contributed by atoms with Gasteiger partial charge in [0, 0.05) is 37.6 Å². The van der Waals surface area contributed by atoms with Crippen molar-refractivity contribution >= 4 is 5.69 Å². The fourth-order valence-electron chi connectivity index (χ4n) is 1.99. The highest BCUT2D eigenvalue weighted by Gasteiger charge is 2.26. The highest BCUT2D eigenvalue weighted by Crippen LogP contribution is 2.30. The molecular formula is C13H19N3. The third kappa shape index (κ3) is 2.35. The molecule has 0 saturated heterocycles. The van der Waals surface area contributed by atoms with E-state index >= 15 is 0 Å². The number of aromatic nitrogens is 1. The van der Waals surface area contributed by atoms with Gasteiger partial charge in [-0.2, -0.15) is 0 Å². The number of hydrogen-bond acceptors (Lipinski definition) is 3. The fraction of sp³-hybridized carbons (Fsp3) is 0.615. The molecule has 0 aromatic carbocycles. The minimum atomic E-state index is 0.756. The summed E-state index contributed by atoms with van der Waals surface area (Å²) in [6.07, 6.45) is 7.28. The van der Waals surface area contributed by atoms with E-state index < -0.39 is 0 Å². The van der Waals surface area contributed by atoms with Gasteiger partial charge in [-0.3, -0.25) is 4.98 Å². The Kier molecular flexibility index (Phi) is 2.56. The first kappa shape index (κ1) is 10.1. The van der Waals surface area contributed by atoms with E-state index in [0.29, 0.717) is 0 Å². The lowest BCUT2D eigenvalue weighted by Crippen LogP contribution is -2.20. The first-order valence-corrected chi connectivity index (χ1v) is 6.24. The SMILES string of the molecule is CN(c1ccnc(CNC2CC2)c1)C1CC1. The topological polar surface area (TPSA) is 28.2 Å². The Morgan fingerprint density at radius 2 is 2.19 bits per heavy atom. The van der Waals surface area contributed by atoms with Gasteiger partial charge >= 0.3 is 0 Å². The Hall–Kier alpha value is -1.09. The Bertz CT molecular complexity index is 369. The standard InChI is InChI=1S/C13H19N3/c1-16(12-4-5-12)13-6-7-14-11(8-13)9-15-10-2-3-10/h6-8,10,12,15H,2-5,9H2,1H3. The molecule has 3 rings (SSSR count). The molecule has 1 aromatic rings. The zero-order valence-electron chi connectivity index (χ0n) is 9.82. The molecule has 1 aromatic heterocycles. The van der Waals surface area contributed by atoms with Gasteiger partial charge in [-0.1, -0.05) is 0 Å². The summed E-state index contributed by atoms with van der Waals surface area (Å²) in [6, 6.07) is 5.85. The van der Waals surface area contributed by atoms with Gasteiger partial charge < -0.3 is 10.2 Å². The minimum absolute atomic E-state index is 0.756. The van der Waals surface area contributed by atoms with E-state index in [0.717, 1.165) is 24.3 Å². The average molecular weight is 217 g/mol. The molecule has 1 heterocycles. The van der Waals surface area contributed by atoms with Gasteiger partial charge in [0.2, 0.25) is 0 Å². The van der Waals surface area contributed by atoms with Crippen molar-refractivity contribution in [3.63, 3.8) is 0 Å². The maximum atomic E-state index is 4.41. The molecule has 3 nitrogen and oxygen atoms in total. The molecule has 0 aliphatic heterocycles. The van der Waals surface area contributed by atoms with E-state index in [2.05, 4.69) is 34.4 Å². The van der Waals surface area contributed by atoms with Crippen LogP contribution in [0.15, 0.2) is 18.3 Å². The van der Waals surface area contributed by atoms with Gasteiger partial charge in [-0.25, -0.2) is 0 Å². The highest BCUT2D eigenvalue weighted by atomic mass is 15.2. The molecule has 1 N–H and O–H groups in total. The summed E-state index contributed by atoms with van der Waals surface area (Å²) in [4.78, 5) is 6.79. The fourth-order valence-corrected chi connectivity index (χ4v) is 1.99. The summed E-state index contributed by atoms with van der Waals surface area (Å²) in [5, 5.41) is 3.50. The van der Waals surface area contributed by atoms with Crippen LogP contribution < -0.4 is 10.2 Å². The van der Waals surface area contributed by atoms with Crippen LogP contribution in [0.4, 0.5) is 5.69 Å². The lowest BCUT2D eigenvalue weighted by atomic mass is 10.3. The van der Waals surface area contributed by atoms with Crippen LogP contribution >= 0.6 is 0 Å². The third-order valence-corrected chi connectivity index (χ3v) is 3.45. The lowest BCUT2D eigenvalue weighted by molar-refractivity contribution is 0.674. The van der Waals surface area contributed by atoms with E-state index in [1.807, 2.05) is 6.20 Å². The summed E-state index contributed by atoms with van der Waals surface area (Å²) in [7, 11) is 2.19. The summed E-state index contributed by atoms with van der Waals surface area (Å²) >= 11 is 0. The van der Waals surface area contributed by atoms with Crippen molar-refractivity contribution in [3.8, 4) is 0 Å². The zero-order chi connectivity index (χ0) is 11.0. The van der Waals surface area contributed by atoms with Gasteiger partial charge in [0.25, 0.3) is 0 Å². The molecule has 86 valence electrons. The molecular weight excluding hydrogens is 198 g/mol. The van der Waals surface area contributed by atoms with Crippen LogP contribution in [-0.2, 0) is 6.54 Å². The minimum Gasteiger partial charge on any atom is -0.372 e. The zero-order valence-corrected chi connectivity index (χ0v) is 9.82. The molecule has 0 bridgehead atoms. The van der Waals surface area contributed by atoms with E-state index in [-0.39, 0.29) is 0 Å². The van der Waals surface area contributed by atoms with Crippen LogP contribution in [-0.4, -0.2) is 24.1 Å². The van der Waals surface area contributed by atoms with Crippen LogP contribution in [0.5, 0.6) is 0 Å². The summed E-state index contributed by atoms with van der Waals surface area (Å²) < 4.78 is 0. The van der Waals surface area contributed by atoms with Crippen molar-refractivity contribution in [2.24, 2.45) is 0 Å². The predicted octanol–water partition coefficient (Wildman–Crippen LogP) is 1.93. The molecule has 3 heteroatoms. The summed E-state index contributed by atoms with van der Waals surface area (Å²) in [5.74, 6) is 0.